The fourth-order valence-corrected chi connectivity index (χ4v) is 2.26. The largest absolute Gasteiger partial charge is 0.392 e. The van der Waals surface area contributed by atoms with Gasteiger partial charge in [-0.2, -0.15) is 0 Å². The molecule has 1 rings (SSSR count). The van der Waals surface area contributed by atoms with E-state index in [9.17, 15) is 5.11 Å². The fraction of sp³-hybridized carbons (Fsp3) is 1.00. The van der Waals surface area contributed by atoms with Crippen LogP contribution in [0.5, 0.6) is 0 Å². The van der Waals surface area contributed by atoms with Gasteiger partial charge < -0.3 is 15.3 Å². The number of nitrogens with zero attached hydrogens (tertiary/aromatic N) is 1. The van der Waals surface area contributed by atoms with Crippen LogP contribution in [0.25, 0.3) is 0 Å². The van der Waals surface area contributed by atoms with Crippen molar-refractivity contribution in [3.63, 3.8) is 0 Å². The molecule has 1 heterocycles. The maximum Gasteiger partial charge on any atom is 0.0664 e. The summed E-state index contributed by atoms with van der Waals surface area (Å²) in [4.78, 5) is 2.42. The average Bonchev–Trinajstić information content (AvgIpc) is 2.26. The lowest BCUT2D eigenvalue weighted by Crippen LogP contribution is -2.42. The molecule has 3 nitrogen and oxygen atoms in total. The number of rotatable bonds is 6. The van der Waals surface area contributed by atoms with Gasteiger partial charge in [0.1, 0.15) is 0 Å². The number of nitrogens with one attached hydrogen (secondary N) is 1. The summed E-state index contributed by atoms with van der Waals surface area (Å²) in [6, 6.07) is 0. The molecule has 1 fully saturated rings. The number of piperidine rings is 1. The van der Waals surface area contributed by atoms with Gasteiger partial charge in [-0.05, 0) is 44.8 Å². The van der Waals surface area contributed by atoms with E-state index in [0.29, 0.717) is 0 Å². The van der Waals surface area contributed by atoms with Crippen LogP contribution in [0.15, 0.2) is 0 Å². The molecular weight excluding hydrogens is 188 g/mol. The molecule has 0 amide bonds. The summed E-state index contributed by atoms with van der Waals surface area (Å²) >= 11 is 0. The minimum atomic E-state index is -0.136. The Balaban J connectivity index is 2.22. The van der Waals surface area contributed by atoms with Crippen LogP contribution in [-0.4, -0.2) is 48.8 Å². The molecule has 0 aromatic carbocycles. The Morgan fingerprint density at radius 1 is 1.47 bits per heavy atom. The first-order valence-electron chi connectivity index (χ1n) is 6.37. The van der Waals surface area contributed by atoms with E-state index in [2.05, 4.69) is 17.1 Å². The van der Waals surface area contributed by atoms with Crippen LogP contribution in [0.3, 0.4) is 0 Å². The SMILES string of the molecule is CCNCC1CCCN(CC(O)CC)C1. The van der Waals surface area contributed by atoms with Gasteiger partial charge in [0.2, 0.25) is 0 Å². The predicted molar refractivity (Wildman–Crippen MR) is 64.0 cm³/mol. The smallest absolute Gasteiger partial charge is 0.0664 e. The number of hydrogen-bond acceptors (Lipinski definition) is 3. The van der Waals surface area contributed by atoms with E-state index >= 15 is 0 Å². The number of likely N-dealkylation sites (tertiary alicyclic amines) is 1. The molecule has 2 unspecified atom stereocenters. The van der Waals surface area contributed by atoms with Crippen LogP contribution in [0, 0.1) is 5.92 Å². The molecule has 1 aliphatic heterocycles. The number of aliphatic hydroxyl groups excluding tert-OH is 1. The third-order valence-electron chi connectivity index (χ3n) is 3.23. The molecule has 0 radical (unpaired) electrons. The molecule has 2 N–H and O–H groups in total. The van der Waals surface area contributed by atoms with Crippen LogP contribution < -0.4 is 5.32 Å². The quantitative estimate of drug-likeness (QED) is 0.694. The molecule has 0 saturated carbocycles. The molecular formula is C12H26N2O. The summed E-state index contributed by atoms with van der Waals surface area (Å²) in [5, 5.41) is 13.0. The number of hydrogen-bond donors (Lipinski definition) is 2. The Morgan fingerprint density at radius 2 is 2.27 bits per heavy atom. The highest BCUT2D eigenvalue weighted by Crippen LogP contribution is 2.16. The Hall–Kier alpha value is -0.120. The maximum atomic E-state index is 9.62. The normalized spacial score (nSPS) is 25.4. The van der Waals surface area contributed by atoms with Crippen molar-refractivity contribution in [2.24, 2.45) is 5.92 Å². The van der Waals surface area contributed by atoms with Crippen LogP contribution in [-0.2, 0) is 0 Å². The van der Waals surface area contributed by atoms with Gasteiger partial charge in [-0.3, -0.25) is 0 Å². The van der Waals surface area contributed by atoms with E-state index < -0.39 is 0 Å². The van der Waals surface area contributed by atoms with Crippen molar-refractivity contribution >= 4 is 0 Å². The highest BCUT2D eigenvalue weighted by molar-refractivity contribution is 4.75. The minimum Gasteiger partial charge on any atom is -0.392 e. The lowest BCUT2D eigenvalue weighted by Gasteiger charge is -2.33. The second-order valence-corrected chi connectivity index (χ2v) is 4.64. The third-order valence-corrected chi connectivity index (χ3v) is 3.23. The first-order chi connectivity index (χ1) is 7.26. The molecule has 0 spiro atoms. The summed E-state index contributed by atoms with van der Waals surface area (Å²) in [6.07, 6.45) is 3.36. The Morgan fingerprint density at radius 3 is 2.93 bits per heavy atom. The van der Waals surface area contributed by atoms with E-state index in [1.54, 1.807) is 0 Å². The molecule has 0 aromatic heterocycles. The standard InChI is InChI=1S/C12H26N2O/c1-3-12(15)10-14-7-5-6-11(9-14)8-13-4-2/h11-13,15H,3-10H2,1-2H3. The zero-order valence-corrected chi connectivity index (χ0v) is 10.2. The van der Waals surface area contributed by atoms with Gasteiger partial charge in [0, 0.05) is 13.1 Å². The highest BCUT2D eigenvalue weighted by Gasteiger charge is 2.20. The zero-order chi connectivity index (χ0) is 11.1. The van der Waals surface area contributed by atoms with Crippen molar-refractivity contribution < 1.29 is 5.11 Å². The first kappa shape index (κ1) is 12.9. The third kappa shape index (κ3) is 4.96. The van der Waals surface area contributed by atoms with Crippen LogP contribution in [0.1, 0.15) is 33.1 Å². The van der Waals surface area contributed by atoms with Crippen molar-refractivity contribution in [2.75, 3.05) is 32.7 Å². The molecule has 1 saturated heterocycles. The van der Waals surface area contributed by atoms with Crippen LogP contribution >= 0.6 is 0 Å². The molecule has 90 valence electrons. The lowest BCUT2D eigenvalue weighted by molar-refractivity contribution is 0.0821. The van der Waals surface area contributed by atoms with E-state index in [1.165, 1.54) is 19.4 Å². The topological polar surface area (TPSA) is 35.5 Å². The summed E-state index contributed by atoms with van der Waals surface area (Å²) < 4.78 is 0. The second-order valence-electron chi connectivity index (χ2n) is 4.64. The van der Waals surface area contributed by atoms with E-state index in [0.717, 1.165) is 38.5 Å². The summed E-state index contributed by atoms with van der Waals surface area (Å²) in [5.74, 6) is 0.780. The Bertz CT molecular complexity index is 164. The summed E-state index contributed by atoms with van der Waals surface area (Å²) in [5.41, 5.74) is 0. The highest BCUT2D eigenvalue weighted by atomic mass is 16.3. The van der Waals surface area contributed by atoms with Gasteiger partial charge in [0.25, 0.3) is 0 Å². The molecule has 3 heteroatoms. The van der Waals surface area contributed by atoms with Gasteiger partial charge in [-0.25, -0.2) is 0 Å². The van der Waals surface area contributed by atoms with E-state index in [4.69, 9.17) is 0 Å². The predicted octanol–water partition coefficient (Wildman–Crippen LogP) is 1.08. The zero-order valence-electron chi connectivity index (χ0n) is 10.2. The van der Waals surface area contributed by atoms with Crippen LogP contribution in [0.2, 0.25) is 0 Å². The second kappa shape index (κ2) is 7.20. The van der Waals surface area contributed by atoms with E-state index in [-0.39, 0.29) is 6.10 Å². The van der Waals surface area contributed by atoms with Crippen molar-refractivity contribution in [1.82, 2.24) is 10.2 Å². The van der Waals surface area contributed by atoms with Crippen LogP contribution in [0.4, 0.5) is 0 Å². The van der Waals surface area contributed by atoms with Crippen molar-refractivity contribution in [3.8, 4) is 0 Å². The molecule has 15 heavy (non-hydrogen) atoms. The fourth-order valence-electron chi connectivity index (χ4n) is 2.26. The van der Waals surface area contributed by atoms with Gasteiger partial charge in [-0.15, -0.1) is 0 Å². The van der Waals surface area contributed by atoms with E-state index in [1.807, 2.05) is 6.92 Å². The Kier molecular flexibility index (Phi) is 6.22. The average molecular weight is 214 g/mol. The molecule has 0 aromatic rings. The van der Waals surface area contributed by atoms with Crippen molar-refractivity contribution in [3.05, 3.63) is 0 Å². The molecule has 2 atom stereocenters. The number of aliphatic hydroxyl groups is 1. The first-order valence-corrected chi connectivity index (χ1v) is 6.37. The van der Waals surface area contributed by atoms with Crippen molar-refractivity contribution in [2.45, 2.75) is 39.2 Å². The molecule has 0 bridgehead atoms. The van der Waals surface area contributed by atoms with Gasteiger partial charge in [-0.1, -0.05) is 13.8 Å². The lowest BCUT2D eigenvalue weighted by atomic mass is 9.97. The van der Waals surface area contributed by atoms with Gasteiger partial charge >= 0.3 is 0 Å². The summed E-state index contributed by atoms with van der Waals surface area (Å²) in [6.45, 7) is 9.58. The van der Waals surface area contributed by atoms with Gasteiger partial charge in [0.15, 0.2) is 0 Å². The Labute approximate surface area is 93.9 Å². The maximum absolute atomic E-state index is 9.62. The summed E-state index contributed by atoms with van der Waals surface area (Å²) in [7, 11) is 0. The van der Waals surface area contributed by atoms with Crippen molar-refractivity contribution in [1.29, 1.82) is 0 Å². The molecule has 0 aliphatic carbocycles. The minimum absolute atomic E-state index is 0.136. The number of β-amino-alcohol motifs (C(OH)–C–C–N with tert-alkyl or cyclic N) is 1. The molecule has 1 aliphatic rings. The monoisotopic (exact) mass is 214 g/mol. The van der Waals surface area contributed by atoms with Gasteiger partial charge in [0.05, 0.1) is 6.10 Å².